The molecule has 0 aliphatic carbocycles. The molecule has 2 aromatic rings. The first-order valence-electron chi connectivity index (χ1n) is 10.7. The van der Waals surface area contributed by atoms with E-state index < -0.39 is 35.6 Å². The maximum Gasteiger partial charge on any atom is 0.408 e. The normalized spacial score (nSPS) is 13.5. The van der Waals surface area contributed by atoms with Crippen molar-refractivity contribution < 1.29 is 29.3 Å². The average molecular weight is 468 g/mol. The lowest BCUT2D eigenvalue weighted by Crippen LogP contribution is -2.45. The van der Waals surface area contributed by atoms with E-state index in [0.29, 0.717) is 5.69 Å². The second-order valence-electron chi connectivity index (χ2n) is 8.57. The van der Waals surface area contributed by atoms with Crippen molar-refractivity contribution >= 4 is 35.5 Å². The van der Waals surface area contributed by atoms with Gasteiger partial charge in [-0.3, -0.25) is 4.79 Å². The molecule has 0 aliphatic heterocycles. The second-order valence-corrected chi connectivity index (χ2v) is 8.57. The van der Waals surface area contributed by atoms with E-state index in [1.165, 1.54) is 0 Å². The molecule has 0 aliphatic rings. The van der Waals surface area contributed by atoms with Gasteiger partial charge in [0.05, 0.1) is 17.3 Å². The van der Waals surface area contributed by atoms with Gasteiger partial charge in [-0.15, -0.1) is 0 Å². The monoisotopic (exact) mass is 467 g/mol. The number of ether oxygens (including phenoxy) is 1. The van der Waals surface area contributed by atoms with Crippen LogP contribution in [0.4, 0.5) is 16.2 Å². The number of alkyl carbamates (subject to hydrolysis) is 1. The molecule has 0 spiro atoms. The summed E-state index contributed by atoms with van der Waals surface area (Å²) in [6.45, 7) is 4.93. The number of nitrogens with one attached hydrogen (secondary N) is 1. The summed E-state index contributed by atoms with van der Waals surface area (Å²) in [7, 11) is 0. The minimum atomic E-state index is -1.39. The van der Waals surface area contributed by atoms with E-state index in [9.17, 15) is 24.6 Å². The van der Waals surface area contributed by atoms with Crippen LogP contribution in [0.5, 0.6) is 0 Å². The molecule has 0 radical (unpaired) electrons. The van der Waals surface area contributed by atoms with Gasteiger partial charge in [-0.25, -0.2) is 9.59 Å². The van der Waals surface area contributed by atoms with E-state index in [1.54, 1.807) is 45.1 Å². The highest BCUT2D eigenvalue weighted by Crippen LogP contribution is 2.20. The zero-order chi connectivity index (χ0) is 25.1. The molecule has 2 atom stereocenters. The van der Waals surface area contributed by atoms with Crippen LogP contribution in [0.1, 0.15) is 39.2 Å². The molecule has 2 aromatic carbocycles. The number of carboxylic acid groups (broad SMARTS) is 2. The van der Waals surface area contributed by atoms with E-state index in [-0.39, 0.29) is 12.8 Å². The van der Waals surface area contributed by atoms with Crippen molar-refractivity contribution in [3.05, 3.63) is 66.2 Å². The Morgan fingerprint density at radius 2 is 1.53 bits per heavy atom. The van der Waals surface area contributed by atoms with E-state index in [4.69, 9.17) is 4.74 Å². The summed E-state index contributed by atoms with van der Waals surface area (Å²) in [6, 6.07) is 15.1. The zero-order valence-electron chi connectivity index (χ0n) is 19.3. The van der Waals surface area contributed by atoms with Crippen LogP contribution in [0, 0.1) is 5.92 Å². The molecule has 0 saturated carbocycles. The van der Waals surface area contributed by atoms with Crippen LogP contribution in [-0.2, 0) is 14.3 Å². The fraction of sp³-hybridized carbons (Fsp3) is 0.320. The molecule has 1 unspecified atom stereocenters. The van der Waals surface area contributed by atoms with Crippen LogP contribution in [0.3, 0.4) is 0 Å². The number of carbonyl (C=O) groups is 3. The van der Waals surface area contributed by atoms with Gasteiger partial charge in [0.25, 0.3) is 0 Å². The highest BCUT2D eigenvalue weighted by molar-refractivity contribution is 5.81. The summed E-state index contributed by atoms with van der Waals surface area (Å²) in [4.78, 5) is 35.1. The van der Waals surface area contributed by atoms with E-state index in [0.717, 1.165) is 11.3 Å². The maximum atomic E-state index is 11.9. The summed E-state index contributed by atoms with van der Waals surface area (Å²) >= 11 is 0. The van der Waals surface area contributed by atoms with Crippen molar-refractivity contribution in [3.8, 4) is 0 Å². The second kappa shape index (κ2) is 12.3. The first kappa shape index (κ1) is 26.2. The molecule has 0 bridgehead atoms. The smallest absolute Gasteiger partial charge is 0.408 e. The summed E-state index contributed by atoms with van der Waals surface area (Å²) in [6.07, 6.45) is 2.29. The number of amides is 1. The molecule has 0 heterocycles. The molecule has 0 saturated heterocycles. The lowest BCUT2D eigenvalue weighted by molar-refractivity contribution is -0.144. The van der Waals surface area contributed by atoms with Crippen molar-refractivity contribution in [2.45, 2.75) is 45.3 Å². The number of hydrogen-bond acceptors (Lipinski definition) is 6. The summed E-state index contributed by atoms with van der Waals surface area (Å²) in [5, 5.41) is 29.5. The third-order valence-electron chi connectivity index (χ3n) is 4.52. The van der Waals surface area contributed by atoms with Gasteiger partial charge in [-0.05, 0) is 63.4 Å². The van der Waals surface area contributed by atoms with Gasteiger partial charge in [0, 0.05) is 0 Å². The SMILES string of the molecule is CC(C)(C)OC(=O)N[C@@H](CC(C/C=C/c1ccc(N=Nc2ccccc2)cc1)C(=O)O)C(=O)O. The predicted octanol–water partition coefficient (Wildman–Crippen LogP) is 5.57. The number of nitrogens with zero attached hydrogens (tertiary/aromatic N) is 2. The van der Waals surface area contributed by atoms with Gasteiger partial charge < -0.3 is 20.3 Å². The Morgan fingerprint density at radius 3 is 2.06 bits per heavy atom. The van der Waals surface area contributed by atoms with Crippen LogP contribution < -0.4 is 5.32 Å². The number of azo groups is 1. The topological polar surface area (TPSA) is 138 Å². The van der Waals surface area contributed by atoms with Gasteiger partial charge in [0.1, 0.15) is 11.6 Å². The van der Waals surface area contributed by atoms with Crippen molar-refractivity contribution in [2.24, 2.45) is 16.1 Å². The third kappa shape index (κ3) is 9.64. The fourth-order valence-electron chi connectivity index (χ4n) is 2.88. The van der Waals surface area contributed by atoms with Gasteiger partial charge in [0.2, 0.25) is 0 Å². The Bertz CT molecular complexity index is 1030. The third-order valence-corrected chi connectivity index (χ3v) is 4.52. The van der Waals surface area contributed by atoms with Crippen molar-refractivity contribution in [3.63, 3.8) is 0 Å². The van der Waals surface area contributed by atoms with Crippen LogP contribution in [0.25, 0.3) is 6.08 Å². The van der Waals surface area contributed by atoms with Crippen LogP contribution in [-0.4, -0.2) is 39.9 Å². The lowest BCUT2D eigenvalue weighted by Gasteiger charge is -2.23. The fourth-order valence-corrected chi connectivity index (χ4v) is 2.88. The molecule has 3 N–H and O–H groups in total. The summed E-state index contributed by atoms with van der Waals surface area (Å²) in [5.41, 5.74) is 1.43. The minimum absolute atomic E-state index is 0.0879. The van der Waals surface area contributed by atoms with E-state index in [1.807, 2.05) is 42.5 Å². The molecule has 9 nitrogen and oxygen atoms in total. The van der Waals surface area contributed by atoms with Crippen molar-refractivity contribution in [1.82, 2.24) is 5.32 Å². The van der Waals surface area contributed by atoms with E-state index in [2.05, 4.69) is 15.5 Å². The molecular formula is C25H29N3O6. The first-order valence-corrected chi connectivity index (χ1v) is 10.7. The molecule has 0 fully saturated rings. The van der Waals surface area contributed by atoms with Gasteiger partial charge in [-0.1, -0.05) is 42.5 Å². The van der Waals surface area contributed by atoms with Crippen molar-refractivity contribution in [1.29, 1.82) is 0 Å². The molecular weight excluding hydrogens is 438 g/mol. The van der Waals surface area contributed by atoms with Gasteiger partial charge in [-0.2, -0.15) is 10.2 Å². The van der Waals surface area contributed by atoms with Gasteiger partial charge in [0.15, 0.2) is 0 Å². The Kier molecular flexibility index (Phi) is 9.49. The minimum Gasteiger partial charge on any atom is -0.481 e. The molecule has 2 rings (SSSR count). The molecule has 34 heavy (non-hydrogen) atoms. The zero-order valence-corrected chi connectivity index (χ0v) is 19.3. The highest BCUT2D eigenvalue weighted by Gasteiger charge is 2.29. The summed E-state index contributed by atoms with van der Waals surface area (Å²) in [5.74, 6) is -3.49. The Hall–Kier alpha value is -4.01. The van der Waals surface area contributed by atoms with Crippen LogP contribution in [0.15, 0.2) is 70.9 Å². The maximum absolute atomic E-state index is 11.9. The largest absolute Gasteiger partial charge is 0.481 e. The van der Waals surface area contributed by atoms with Crippen LogP contribution >= 0.6 is 0 Å². The van der Waals surface area contributed by atoms with Crippen molar-refractivity contribution in [2.75, 3.05) is 0 Å². The standard InChI is InChI=1S/C25H29N3O6/c1-25(2,3)34-24(33)26-21(23(31)32)16-18(22(29)30)9-7-8-17-12-14-20(15-13-17)28-27-19-10-5-4-6-11-19/h4-8,10-15,18,21H,9,16H2,1-3H3,(H,26,33)(H,29,30)(H,31,32)/b8-7+,28-27?/t18?,21-/m0/s1. The number of carbonyl (C=O) groups excluding carboxylic acids is 1. The predicted molar refractivity (Wildman–Crippen MR) is 127 cm³/mol. The number of benzene rings is 2. The molecule has 1 amide bonds. The number of carboxylic acids is 2. The Morgan fingerprint density at radius 1 is 0.941 bits per heavy atom. The van der Waals surface area contributed by atoms with Gasteiger partial charge >= 0.3 is 18.0 Å². The number of rotatable bonds is 10. The average Bonchev–Trinajstić information content (AvgIpc) is 2.76. The Balaban J connectivity index is 1.96. The number of allylic oxidation sites excluding steroid dienone is 1. The van der Waals surface area contributed by atoms with Crippen LogP contribution in [0.2, 0.25) is 0 Å². The Labute approximate surface area is 198 Å². The number of hydrogen-bond donors (Lipinski definition) is 3. The highest BCUT2D eigenvalue weighted by atomic mass is 16.6. The summed E-state index contributed by atoms with van der Waals surface area (Å²) < 4.78 is 5.06. The quantitative estimate of drug-likeness (QED) is 0.390. The lowest BCUT2D eigenvalue weighted by atomic mass is 9.96. The molecule has 0 aromatic heterocycles. The number of aliphatic carboxylic acids is 2. The molecule has 9 heteroatoms. The first-order chi connectivity index (χ1) is 16.0. The van der Waals surface area contributed by atoms with E-state index >= 15 is 0 Å². The molecule has 180 valence electrons.